The molecule has 6 nitrogen and oxygen atoms in total. The molecule has 1 aromatic rings. The van der Waals surface area contributed by atoms with Crippen LogP contribution in [-0.2, 0) is 25.5 Å². The molecular weight excluding hydrogens is 320 g/mol. The van der Waals surface area contributed by atoms with Gasteiger partial charge in [0, 0.05) is 25.2 Å². The highest BCUT2D eigenvalue weighted by Crippen LogP contribution is 2.29. The first-order valence-electron chi connectivity index (χ1n) is 8.45. The zero-order chi connectivity index (χ0) is 18.4. The van der Waals surface area contributed by atoms with E-state index < -0.39 is 18.0 Å². The van der Waals surface area contributed by atoms with Crippen molar-refractivity contribution in [2.45, 2.75) is 32.8 Å². The number of carbonyl (C=O) groups excluding carboxylic acids is 3. The van der Waals surface area contributed by atoms with Gasteiger partial charge in [0.1, 0.15) is 0 Å². The summed E-state index contributed by atoms with van der Waals surface area (Å²) in [4.78, 5) is 38.1. The second-order valence-electron chi connectivity index (χ2n) is 6.00. The SMILES string of the molecule is C=CCNC(=O)[C@@H](C)OC(=O)[C@@H]1CC(=O)N(c2ccccc2CC)C1. The molecule has 2 atom stereocenters. The van der Waals surface area contributed by atoms with Crippen molar-refractivity contribution in [3.05, 3.63) is 42.5 Å². The maximum absolute atomic E-state index is 12.3. The van der Waals surface area contributed by atoms with Crippen LogP contribution in [0.1, 0.15) is 25.8 Å². The first-order valence-corrected chi connectivity index (χ1v) is 8.45. The van der Waals surface area contributed by atoms with Gasteiger partial charge in [0.15, 0.2) is 6.10 Å². The van der Waals surface area contributed by atoms with E-state index in [2.05, 4.69) is 11.9 Å². The van der Waals surface area contributed by atoms with Gasteiger partial charge < -0.3 is 15.0 Å². The van der Waals surface area contributed by atoms with E-state index in [0.29, 0.717) is 6.54 Å². The molecule has 1 aromatic carbocycles. The number of nitrogens with zero attached hydrogens (tertiary/aromatic N) is 1. The number of ether oxygens (including phenoxy) is 1. The van der Waals surface area contributed by atoms with Crippen molar-refractivity contribution in [1.29, 1.82) is 0 Å². The van der Waals surface area contributed by atoms with Gasteiger partial charge in [-0.15, -0.1) is 6.58 Å². The molecule has 0 aromatic heterocycles. The van der Waals surface area contributed by atoms with E-state index in [-0.39, 0.29) is 24.8 Å². The van der Waals surface area contributed by atoms with Crippen molar-refractivity contribution < 1.29 is 19.1 Å². The Hall–Kier alpha value is -2.63. The molecule has 134 valence electrons. The van der Waals surface area contributed by atoms with Crippen LogP contribution in [0, 0.1) is 5.92 Å². The summed E-state index contributed by atoms with van der Waals surface area (Å²) in [5.74, 6) is -1.57. The molecule has 25 heavy (non-hydrogen) atoms. The normalized spacial score (nSPS) is 17.9. The summed E-state index contributed by atoms with van der Waals surface area (Å²) in [6.07, 6.45) is 1.54. The third-order valence-corrected chi connectivity index (χ3v) is 4.20. The molecule has 1 aliphatic rings. The summed E-state index contributed by atoms with van der Waals surface area (Å²) in [7, 11) is 0. The molecule has 2 rings (SSSR count). The van der Waals surface area contributed by atoms with Gasteiger partial charge in [0.2, 0.25) is 5.91 Å². The molecule has 1 heterocycles. The predicted octanol–water partition coefficient (Wildman–Crippen LogP) is 1.84. The molecule has 0 spiro atoms. The second kappa shape index (κ2) is 8.46. The monoisotopic (exact) mass is 344 g/mol. The third kappa shape index (κ3) is 4.47. The fraction of sp³-hybridized carbons (Fsp3) is 0.421. The Kier molecular flexibility index (Phi) is 6.33. The van der Waals surface area contributed by atoms with Crippen molar-refractivity contribution >= 4 is 23.5 Å². The lowest BCUT2D eigenvalue weighted by Crippen LogP contribution is -2.37. The van der Waals surface area contributed by atoms with E-state index in [0.717, 1.165) is 17.7 Å². The summed E-state index contributed by atoms with van der Waals surface area (Å²) in [5, 5.41) is 2.57. The largest absolute Gasteiger partial charge is 0.452 e. The number of rotatable bonds is 7. The maximum atomic E-state index is 12.3. The zero-order valence-electron chi connectivity index (χ0n) is 14.7. The quantitative estimate of drug-likeness (QED) is 0.605. The molecule has 1 fully saturated rings. The molecule has 0 radical (unpaired) electrons. The Morgan fingerprint density at radius 1 is 1.44 bits per heavy atom. The summed E-state index contributed by atoms with van der Waals surface area (Å²) < 4.78 is 5.22. The number of anilines is 1. The van der Waals surface area contributed by atoms with Crippen LogP contribution in [0.25, 0.3) is 0 Å². The van der Waals surface area contributed by atoms with Crippen LogP contribution in [0.2, 0.25) is 0 Å². The number of nitrogens with one attached hydrogen (secondary N) is 1. The van der Waals surface area contributed by atoms with Gasteiger partial charge in [-0.3, -0.25) is 14.4 Å². The molecule has 1 N–H and O–H groups in total. The van der Waals surface area contributed by atoms with Crippen LogP contribution < -0.4 is 10.2 Å². The minimum Gasteiger partial charge on any atom is -0.452 e. The van der Waals surface area contributed by atoms with Gasteiger partial charge >= 0.3 is 5.97 Å². The number of hydrogen-bond acceptors (Lipinski definition) is 4. The average molecular weight is 344 g/mol. The number of para-hydroxylation sites is 1. The van der Waals surface area contributed by atoms with E-state index in [1.807, 2.05) is 31.2 Å². The van der Waals surface area contributed by atoms with Crippen LogP contribution in [0.3, 0.4) is 0 Å². The Morgan fingerprint density at radius 3 is 2.84 bits per heavy atom. The van der Waals surface area contributed by atoms with Crippen molar-refractivity contribution in [3.8, 4) is 0 Å². The van der Waals surface area contributed by atoms with Crippen LogP contribution in [0.15, 0.2) is 36.9 Å². The predicted molar refractivity (Wildman–Crippen MR) is 95.0 cm³/mol. The van der Waals surface area contributed by atoms with E-state index in [9.17, 15) is 14.4 Å². The van der Waals surface area contributed by atoms with Gasteiger partial charge in [-0.05, 0) is 25.0 Å². The van der Waals surface area contributed by atoms with Crippen LogP contribution in [-0.4, -0.2) is 37.0 Å². The fourth-order valence-corrected chi connectivity index (χ4v) is 2.81. The molecule has 6 heteroatoms. The maximum Gasteiger partial charge on any atom is 0.312 e. The molecule has 1 aliphatic heterocycles. The summed E-state index contributed by atoms with van der Waals surface area (Å²) in [6, 6.07) is 7.66. The highest BCUT2D eigenvalue weighted by Gasteiger charge is 2.37. The van der Waals surface area contributed by atoms with Crippen LogP contribution >= 0.6 is 0 Å². The highest BCUT2D eigenvalue weighted by atomic mass is 16.5. The van der Waals surface area contributed by atoms with E-state index >= 15 is 0 Å². The molecule has 0 unspecified atom stereocenters. The summed E-state index contributed by atoms with van der Waals surface area (Å²) in [5.41, 5.74) is 1.89. The van der Waals surface area contributed by atoms with Crippen molar-refractivity contribution in [2.75, 3.05) is 18.0 Å². The van der Waals surface area contributed by atoms with Crippen LogP contribution in [0.5, 0.6) is 0 Å². The minimum atomic E-state index is -0.903. The van der Waals surface area contributed by atoms with E-state index in [1.54, 1.807) is 11.0 Å². The average Bonchev–Trinajstić information content (AvgIpc) is 3.01. The topological polar surface area (TPSA) is 75.7 Å². The number of benzene rings is 1. The lowest BCUT2D eigenvalue weighted by molar-refractivity contribution is -0.158. The first-order chi connectivity index (χ1) is 12.0. The Balaban J connectivity index is 2.00. The van der Waals surface area contributed by atoms with E-state index in [1.165, 1.54) is 6.92 Å². The number of aryl methyl sites for hydroxylation is 1. The van der Waals surface area contributed by atoms with Gasteiger partial charge in [-0.1, -0.05) is 31.2 Å². The second-order valence-corrected chi connectivity index (χ2v) is 6.00. The number of amides is 2. The minimum absolute atomic E-state index is 0.0951. The number of carbonyl (C=O) groups is 3. The molecular formula is C19H24N2O4. The smallest absolute Gasteiger partial charge is 0.312 e. The van der Waals surface area contributed by atoms with Gasteiger partial charge in [-0.25, -0.2) is 0 Å². The van der Waals surface area contributed by atoms with Gasteiger partial charge in [0.05, 0.1) is 5.92 Å². The Labute approximate surface area is 147 Å². The summed E-state index contributed by atoms with van der Waals surface area (Å²) >= 11 is 0. The Bertz CT molecular complexity index is 671. The van der Waals surface area contributed by atoms with Gasteiger partial charge in [-0.2, -0.15) is 0 Å². The third-order valence-electron chi connectivity index (χ3n) is 4.20. The number of hydrogen-bond donors (Lipinski definition) is 1. The van der Waals surface area contributed by atoms with Crippen LogP contribution in [0.4, 0.5) is 5.69 Å². The van der Waals surface area contributed by atoms with E-state index in [4.69, 9.17) is 4.74 Å². The van der Waals surface area contributed by atoms with Crippen molar-refractivity contribution in [3.63, 3.8) is 0 Å². The first kappa shape index (κ1) is 18.7. The number of esters is 1. The molecule has 1 saturated heterocycles. The standard InChI is InChI=1S/C19H24N2O4/c1-4-10-20-18(23)13(3)25-19(24)15-11-17(22)21(12-15)16-9-7-6-8-14(16)5-2/h4,6-9,13,15H,1,5,10-12H2,2-3H3,(H,20,23)/t13-,15-/m1/s1. The molecule has 0 saturated carbocycles. The Morgan fingerprint density at radius 2 is 2.16 bits per heavy atom. The summed E-state index contributed by atoms with van der Waals surface area (Å²) in [6.45, 7) is 7.63. The molecule has 0 aliphatic carbocycles. The highest BCUT2D eigenvalue weighted by molar-refractivity contribution is 6.00. The fourth-order valence-electron chi connectivity index (χ4n) is 2.81. The molecule has 0 bridgehead atoms. The lowest BCUT2D eigenvalue weighted by atomic mass is 10.1. The lowest BCUT2D eigenvalue weighted by Gasteiger charge is -2.20. The van der Waals surface area contributed by atoms with Gasteiger partial charge in [0.25, 0.3) is 5.91 Å². The van der Waals surface area contributed by atoms with Crippen molar-refractivity contribution in [2.24, 2.45) is 5.92 Å². The molecule has 2 amide bonds. The zero-order valence-corrected chi connectivity index (χ0v) is 14.7. The van der Waals surface area contributed by atoms with Crippen molar-refractivity contribution in [1.82, 2.24) is 5.32 Å².